The number of nitro groups is 1. The van der Waals surface area contributed by atoms with E-state index in [-0.39, 0.29) is 11.5 Å². The Balaban J connectivity index is 1.68. The maximum Gasteiger partial charge on any atom is 0.270 e. The standard InChI is InChI=1S/C30H40N2O4S/c1-4-7-11-28-29(26-22-24(32(34)35)14-17-27(26)37-28)30(33)23-12-15-25(16-13-23)36-21-10-20-31(18-8-5-2)19-9-6-3/h12-17,22H,4-11,18-21H2,1-3H3. The maximum atomic E-state index is 13.6. The van der Waals surface area contributed by atoms with Gasteiger partial charge < -0.3 is 9.64 Å². The monoisotopic (exact) mass is 524 g/mol. The van der Waals surface area contributed by atoms with Crippen LogP contribution in [0, 0.1) is 10.1 Å². The molecule has 0 saturated heterocycles. The van der Waals surface area contributed by atoms with Crippen molar-refractivity contribution < 1.29 is 14.5 Å². The summed E-state index contributed by atoms with van der Waals surface area (Å²) in [5.74, 6) is 0.661. The summed E-state index contributed by atoms with van der Waals surface area (Å²) in [6, 6.07) is 12.1. The van der Waals surface area contributed by atoms with Gasteiger partial charge in [-0.1, -0.05) is 40.0 Å². The number of hydrogen-bond acceptors (Lipinski definition) is 6. The fourth-order valence-electron chi connectivity index (χ4n) is 4.44. The lowest BCUT2D eigenvalue weighted by Gasteiger charge is -2.21. The molecule has 0 radical (unpaired) electrons. The largest absolute Gasteiger partial charge is 0.494 e. The van der Waals surface area contributed by atoms with Crippen LogP contribution < -0.4 is 4.74 Å². The van der Waals surface area contributed by atoms with Gasteiger partial charge in [0.15, 0.2) is 5.78 Å². The second kappa shape index (κ2) is 14.8. The third-order valence-corrected chi connectivity index (χ3v) is 7.83. The lowest BCUT2D eigenvalue weighted by Crippen LogP contribution is -2.28. The average Bonchev–Trinajstić information content (AvgIpc) is 3.28. The van der Waals surface area contributed by atoms with Crippen LogP contribution in [0.25, 0.3) is 10.1 Å². The molecule has 0 N–H and O–H groups in total. The summed E-state index contributed by atoms with van der Waals surface area (Å²) in [6.07, 6.45) is 8.62. The Morgan fingerprint density at radius 3 is 2.19 bits per heavy atom. The number of benzene rings is 2. The molecule has 7 heteroatoms. The summed E-state index contributed by atoms with van der Waals surface area (Å²) in [6.45, 7) is 10.5. The van der Waals surface area contributed by atoms with Crippen LogP contribution in [0.1, 0.15) is 86.5 Å². The number of carbonyl (C=O) groups is 1. The molecule has 0 amide bonds. The van der Waals surface area contributed by atoms with Gasteiger partial charge in [-0.25, -0.2) is 0 Å². The number of thiophene rings is 1. The zero-order valence-electron chi connectivity index (χ0n) is 22.5. The molecular formula is C30H40N2O4S. The first-order chi connectivity index (χ1) is 18.0. The van der Waals surface area contributed by atoms with Gasteiger partial charge in [-0.15, -0.1) is 11.3 Å². The van der Waals surface area contributed by atoms with Crippen molar-refractivity contribution in [3.8, 4) is 5.75 Å². The van der Waals surface area contributed by atoms with Crippen LogP contribution in [-0.2, 0) is 6.42 Å². The first kappa shape index (κ1) is 28.8. The van der Waals surface area contributed by atoms with E-state index in [1.807, 2.05) is 12.1 Å². The van der Waals surface area contributed by atoms with Crippen molar-refractivity contribution in [2.24, 2.45) is 0 Å². The average molecular weight is 525 g/mol. The molecule has 0 aliphatic rings. The number of fused-ring (bicyclic) bond motifs is 1. The highest BCUT2D eigenvalue weighted by molar-refractivity contribution is 7.19. The van der Waals surface area contributed by atoms with E-state index in [0.717, 1.165) is 60.6 Å². The maximum absolute atomic E-state index is 13.6. The molecule has 0 aliphatic heterocycles. The van der Waals surface area contributed by atoms with Gasteiger partial charge in [0, 0.05) is 44.8 Å². The van der Waals surface area contributed by atoms with E-state index in [1.54, 1.807) is 29.5 Å². The summed E-state index contributed by atoms with van der Waals surface area (Å²) in [5.41, 5.74) is 1.18. The van der Waals surface area contributed by atoms with Gasteiger partial charge in [0.05, 0.1) is 11.5 Å². The van der Waals surface area contributed by atoms with Gasteiger partial charge in [-0.3, -0.25) is 14.9 Å². The van der Waals surface area contributed by atoms with Gasteiger partial charge in [-0.2, -0.15) is 0 Å². The van der Waals surface area contributed by atoms with E-state index in [9.17, 15) is 14.9 Å². The fraction of sp³-hybridized carbons (Fsp3) is 0.500. The van der Waals surface area contributed by atoms with Crippen LogP contribution in [-0.4, -0.2) is 41.8 Å². The van der Waals surface area contributed by atoms with Crippen molar-refractivity contribution in [2.45, 2.75) is 72.1 Å². The molecule has 37 heavy (non-hydrogen) atoms. The molecule has 200 valence electrons. The SMILES string of the molecule is CCCCc1sc2ccc([N+](=O)[O-])cc2c1C(=O)c1ccc(OCCCN(CCCC)CCCC)cc1. The van der Waals surface area contributed by atoms with Crippen LogP contribution in [0.4, 0.5) is 5.69 Å². The summed E-state index contributed by atoms with van der Waals surface area (Å²) >= 11 is 1.56. The third-order valence-electron chi connectivity index (χ3n) is 6.60. The Morgan fingerprint density at radius 2 is 1.57 bits per heavy atom. The summed E-state index contributed by atoms with van der Waals surface area (Å²) in [5, 5.41) is 12.0. The quantitative estimate of drug-likeness (QED) is 0.0773. The molecule has 0 saturated carbocycles. The van der Waals surface area contributed by atoms with Crippen molar-refractivity contribution in [3.63, 3.8) is 0 Å². The molecule has 0 bridgehead atoms. The van der Waals surface area contributed by atoms with E-state index in [1.165, 1.54) is 37.8 Å². The van der Waals surface area contributed by atoms with Crippen molar-refractivity contribution in [1.82, 2.24) is 4.90 Å². The van der Waals surface area contributed by atoms with E-state index in [0.29, 0.717) is 23.1 Å². The normalized spacial score (nSPS) is 11.4. The Labute approximate surface area is 224 Å². The van der Waals surface area contributed by atoms with Gasteiger partial charge in [-0.05, 0) is 75.5 Å². The molecule has 6 nitrogen and oxygen atoms in total. The highest BCUT2D eigenvalue weighted by Crippen LogP contribution is 2.36. The van der Waals surface area contributed by atoms with E-state index in [2.05, 4.69) is 25.7 Å². The van der Waals surface area contributed by atoms with Crippen LogP contribution in [0.3, 0.4) is 0 Å². The number of carbonyl (C=O) groups excluding carboxylic acids is 1. The molecule has 0 fully saturated rings. The number of rotatable bonds is 17. The Hall–Kier alpha value is -2.77. The van der Waals surface area contributed by atoms with E-state index in [4.69, 9.17) is 4.74 Å². The van der Waals surface area contributed by atoms with Crippen LogP contribution >= 0.6 is 11.3 Å². The van der Waals surface area contributed by atoms with Crippen LogP contribution in [0.5, 0.6) is 5.75 Å². The highest BCUT2D eigenvalue weighted by Gasteiger charge is 2.22. The Bertz CT molecular complexity index is 1150. The topological polar surface area (TPSA) is 72.7 Å². The first-order valence-corrected chi connectivity index (χ1v) is 14.5. The number of ether oxygens (including phenoxy) is 1. The summed E-state index contributed by atoms with van der Waals surface area (Å²) < 4.78 is 6.88. The zero-order valence-corrected chi connectivity index (χ0v) is 23.3. The zero-order chi connectivity index (χ0) is 26.6. The second-order valence-electron chi connectivity index (χ2n) is 9.55. The van der Waals surface area contributed by atoms with Gasteiger partial charge in [0.2, 0.25) is 0 Å². The number of nitro benzene ring substituents is 1. The number of aryl methyl sites for hydroxylation is 1. The van der Waals surface area contributed by atoms with Crippen LogP contribution in [0.15, 0.2) is 42.5 Å². The predicted octanol–water partition coefficient (Wildman–Crippen LogP) is 8.05. The number of hydrogen-bond donors (Lipinski definition) is 0. The minimum atomic E-state index is -0.407. The lowest BCUT2D eigenvalue weighted by atomic mass is 9.98. The highest BCUT2D eigenvalue weighted by atomic mass is 32.1. The second-order valence-corrected chi connectivity index (χ2v) is 10.7. The number of nitrogens with zero attached hydrogens (tertiary/aromatic N) is 2. The fourth-order valence-corrected chi connectivity index (χ4v) is 5.66. The molecule has 2 aromatic carbocycles. The summed E-state index contributed by atoms with van der Waals surface area (Å²) in [7, 11) is 0. The molecule has 1 heterocycles. The molecule has 1 aromatic heterocycles. The number of ketones is 1. The van der Waals surface area contributed by atoms with Crippen LogP contribution in [0.2, 0.25) is 0 Å². The van der Waals surface area contributed by atoms with E-state index >= 15 is 0 Å². The van der Waals surface area contributed by atoms with Gasteiger partial charge in [0.25, 0.3) is 5.69 Å². The van der Waals surface area contributed by atoms with Gasteiger partial charge in [0.1, 0.15) is 5.75 Å². The number of unbranched alkanes of at least 4 members (excludes halogenated alkanes) is 3. The third kappa shape index (κ3) is 8.11. The molecule has 0 atom stereocenters. The Morgan fingerprint density at radius 1 is 0.919 bits per heavy atom. The first-order valence-electron chi connectivity index (χ1n) is 13.7. The molecule has 0 unspecified atom stereocenters. The Kier molecular flexibility index (Phi) is 11.5. The van der Waals surface area contributed by atoms with Crippen molar-refractivity contribution >= 4 is 32.9 Å². The molecule has 3 rings (SSSR count). The molecule has 0 spiro atoms. The summed E-state index contributed by atoms with van der Waals surface area (Å²) in [4.78, 5) is 28.1. The van der Waals surface area contributed by atoms with Crippen molar-refractivity contribution in [3.05, 3.63) is 68.6 Å². The van der Waals surface area contributed by atoms with E-state index < -0.39 is 4.92 Å². The molecule has 0 aliphatic carbocycles. The minimum Gasteiger partial charge on any atom is -0.494 e. The van der Waals surface area contributed by atoms with Crippen molar-refractivity contribution in [2.75, 3.05) is 26.2 Å². The lowest BCUT2D eigenvalue weighted by molar-refractivity contribution is -0.384. The van der Waals surface area contributed by atoms with Crippen molar-refractivity contribution in [1.29, 1.82) is 0 Å². The number of non-ortho nitro benzene ring substituents is 1. The molecular weight excluding hydrogens is 484 g/mol. The minimum absolute atomic E-state index is 0.00749. The smallest absolute Gasteiger partial charge is 0.270 e. The molecule has 3 aromatic rings. The predicted molar refractivity (Wildman–Crippen MR) is 153 cm³/mol. The van der Waals surface area contributed by atoms with Gasteiger partial charge >= 0.3 is 0 Å².